The Morgan fingerprint density at radius 2 is 2.06 bits per heavy atom. The van der Waals surface area contributed by atoms with Crippen LogP contribution in [0.1, 0.15) is 19.8 Å². The van der Waals surface area contributed by atoms with Crippen LogP contribution < -0.4 is 16.4 Å². The molecule has 0 fully saturated rings. The highest BCUT2D eigenvalue weighted by atomic mass is 19.1. The maximum Gasteiger partial charge on any atom is 0.236 e. The van der Waals surface area contributed by atoms with Gasteiger partial charge in [-0.25, -0.2) is 8.78 Å². The van der Waals surface area contributed by atoms with Crippen molar-refractivity contribution in [2.24, 2.45) is 5.73 Å². The summed E-state index contributed by atoms with van der Waals surface area (Å²) in [5, 5.41) is 0. The maximum absolute atomic E-state index is 13.4. The van der Waals surface area contributed by atoms with E-state index in [1.165, 1.54) is 4.90 Å². The van der Waals surface area contributed by atoms with Crippen LogP contribution in [0.4, 0.5) is 20.2 Å². The summed E-state index contributed by atoms with van der Waals surface area (Å²) in [5.41, 5.74) is 10.7. The average Bonchev–Trinajstić information content (AvgIpc) is 2.28. The molecular weight excluding hydrogens is 240 g/mol. The third-order valence-corrected chi connectivity index (χ3v) is 2.54. The van der Waals surface area contributed by atoms with E-state index in [-0.39, 0.29) is 17.9 Å². The van der Waals surface area contributed by atoms with Gasteiger partial charge in [-0.05, 0) is 12.5 Å². The molecule has 0 aliphatic rings. The van der Waals surface area contributed by atoms with Crippen molar-refractivity contribution in [2.45, 2.75) is 19.8 Å². The van der Waals surface area contributed by atoms with E-state index in [0.29, 0.717) is 12.6 Å². The number of rotatable bonds is 6. The van der Waals surface area contributed by atoms with Gasteiger partial charge >= 0.3 is 0 Å². The van der Waals surface area contributed by atoms with Gasteiger partial charge in [-0.1, -0.05) is 13.3 Å². The summed E-state index contributed by atoms with van der Waals surface area (Å²) in [6, 6.07) is 1.82. The number of hydrogen-bond acceptors (Lipinski definition) is 3. The summed E-state index contributed by atoms with van der Waals surface area (Å²) in [5.74, 6) is -2.14. The Morgan fingerprint density at radius 3 is 2.61 bits per heavy atom. The van der Waals surface area contributed by atoms with Crippen LogP contribution in [-0.2, 0) is 4.79 Å². The standard InChI is InChI=1S/C12H17F2N3O/c1-2-3-4-17(7-11(15)18)10-6-8(13)5-9(14)12(10)16/h5-6H,2-4,7,16H2,1H3,(H2,15,18). The average molecular weight is 257 g/mol. The number of benzene rings is 1. The fourth-order valence-electron chi connectivity index (χ4n) is 1.65. The quantitative estimate of drug-likeness (QED) is 0.761. The summed E-state index contributed by atoms with van der Waals surface area (Å²) < 4.78 is 26.5. The topological polar surface area (TPSA) is 72.3 Å². The Hall–Kier alpha value is -1.85. The Morgan fingerprint density at radius 1 is 1.39 bits per heavy atom. The molecule has 4 N–H and O–H groups in total. The number of primary amides is 1. The maximum atomic E-state index is 13.4. The van der Waals surface area contributed by atoms with Crippen molar-refractivity contribution in [1.29, 1.82) is 0 Å². The lowest BCUT2D eigenvalue weighted by atomic mass is 10.2. The highest BCUT2D eigenvalue weighted by Crippen LogP contribution is 2.27. The Bertz CT molecular complexity index is 438. The molecular formula is C12H17F2N3O. The van der Waals surface area contributed by atoms with E-state index >= 15 is 0 Å². The third-order valence-electron chi connectivity index (χ3n) is 2.54. The molecule has 0 atom stereocenters. The molecule has 0 unspecified atom stereocenters. The molecule has 1 aromatic carbocycles. The molecule has 0 aliphatic heterocycles. The summed E-state index contributed by atoms with van der Waals surface area (Å²) >= 11 is 0. The number of halogens is 2. The molecule has 1 rings (SSSR count). The fourth-order valence-corrected chi connectivity index (χ4v) is 1.65. The zero-order valence-electron chi connectivity index (χ0n) is 10.2. The number of carbonyl (C=O) groups excluding carboxylic acids is 1. The zero-order chi connectivity index (χ0) is 13.7. The van der Waals surface area contributed by atoms with Gasteiger partial charge in [-0.2, -0.15) is 0 Å². The highest BCUT2D eigenvalue weighted by Gasteiger charge is 2.16. The number of nitrogen functional groups attached to an aromatic ring is 1. The summed E-state index contributed by atoms with van der Waals surface area (Å²) in [6.07, 6.45) is 1.65. The van der Waals surface area contributed by atoms with Crippen molar-refractivity contribution in [1.82, 2.24) is 0 Å². The van der Waals surface area contributed by atoms with Gasteiger partial charge in [0.1, 0.15) is 5.82 Å². The first-order valence-corrected chi connectivity index (χ1v) is 5.73. The molecule has 0 aliphatic carbocycles. The zero-order valence-corrected chi connectivity index (χ0v) is 10.2. The van der Waals surface area contributed by atoms with Gasteiger partial charge in [0, 0.05) is 12.6 Å². The second-order valence-electron chi connectivity index (χ2n) is 4.06. The molecule has 0 aromatic heterocycles. The second kappa shape index (κ2) is 6.18. The second-order valence-corrected chi connectivity index (χ2v) is 4.06. The minimum atomic E-state index is -0.837. The van der Waals surface area contributed by atoms with Gasteiger partial charge in [0.25, 0.3) is 0 Å². The lowest BCUT2D eigenvalue weighted by Gasteiger charge is -2.24. The van der Waals surface area contributed by atoms with Crippen LogP contribution >= 0.6 is 0 Å². The van der Waals surface area contributed by atoms with E-state index in [2.05, 4.69) is 0 Å². The first-order valence-electron chi connectivity index (χ1n) is 5.73. The number of anilines is 2. The molecule has 1 aromatic rings. The SMILES string of the molecule is CCCCN(CC(N)=O)c1cc(F)cc(F)c1N. The number of unbranched alkanes of at least 4 members (excludes halogenated alkanes) is 1. The number of nitrogens with two attached hydrogens (primary N) is 2. The normalized spacial score (nSPS) is 10.4. The van der Waals surface area contributed by atoms with Crippen LogP contribution in [0.3, 0.4) is 0 Å². The van der Waals surface area contributed by atoms with Gasteiger partial charge in [-0.15, -0.1) is 0 Å². The number of nitrogens with zero attached hydrogens (tertiary/aromatic N) is 1. The van der Waals surface area contributed by atoms with E-state index in [4.69, 9.17) is 11.5 Å². The fraction of sp³-hybridized carbons (Fsp3) is 0.417. The van der Waals surface area contributed by atoms with Crippen molar-refractivity contribution >= 4 is 17.3 Å². The van der Waals surface area contributed by atoms with Crippen molar-refractivity contribution < 1.29 is 13.6 Å². The van der Waals surface area contributed by atoms with Crippen LogP contribution in [-0.4, -0.2) is 19.0 Å². The van der Waals surface area contributed by atoms with Crippen molar-refractivity contribution in [3.8, 4) is 0 Å². The first kappa shape index (κ1) is 14.2. The monoisotopic (exact) mass is 257 g/mol. The molecule has 6 heteroatoms. The predicted octanol–water partition coefficient (Wildman–Crippen LogP) is 1.64. The minimum Gasteiger partial charge on any atom is -0.395 e. The van der Waals surface area contributed by atoms with Crippen LogP contribution in [0.15, 0.2) is 12.1 Å². The summed E-state index contributed by atoms with van der Waals surface area (Å²) in [4.78, 5) is 12.5. The van der Waals surface area contributed by atoms with Crippen LogP contribution in [0.25, 0.3) is 0 Å². The Balaban J connectivity index is 3.06. The summed E-state index contributed by atoms with van der Waals surface area (Å²) in [7, 11) is 0. The summed E-state index contributed by atoms with van der Waals surface area (Å²) in [6.45, 7) is 2.32. The van der Waals surface area contributed by atoms with E-state index in [9.17, 15) is 13.6 Å². The van der Waals surface area contributed by atoms with Crippen LogP contribution in [0, 0.1) is 11.6 Å². The van der Waals surface area contributed by atoms with E-state index in [0.717, 1.165) is 18.9 Å². The molecule has 0 heterocycles. The van der Waals surface area contributed by atoms with Gasteiger partial charge in [0.15, 0.2) is 5.82 Å². The van der Waals surface area contributed by atoms with Gasteiger partial charge in [0.2, 0.25) is 5.91 Å². The van der Waals surface area contributed by atoms with E-state index in [1.54, 1.807) is 0 Å². The number of amides is 1. The van der Waals surface area contributed by atoms with Gasteiger partial charge < -0.3 is 16.4 Å². The minimum absolute atomic E-state index is 0.118. The first-order chi connectivity index (χ1) is 8.45. The van der Waals surface area contributed by atoms with Crippen LogP contribution in [0.2, 0.25) is 0 Å². The molecule has 1 amide bonds. The molecule has 0 saturated carbocycles. The van der Waals surface area contributed by atoms with E-state index < -0.39 is 17.5 Å². The predicted molar refractivity (Wildman–Crippen MR) is 67.1 cm³/mol. The molecule has 18 heavy (non-hydrogen) atoms. The Kier molecular flexibility index (Phi) is 4.88. The van der Waals surface area contributed by atoms with Gasteiger partial charge in [0.05, 0.1) is 17.9 Å². The number of carbonyl (C=O) groups is 1. The largest absolute Gasteiger partial charge is 0.395 e. The highest BCUT2D eigenvalue weighted by molar-refractivity contribution is 5.81. The molecule has 0 saturated heterocycles. The van der Waals surface area contributed by atoms with Crippen molar-refractivity contribution in [3.05, 3.63) is 23.8 Å². The van der Waals surface area contributed by atoms with E-state index in [1.807, 2.05) is 6.92 Å². The van der Waals surface area contributed by atoms with Crippen molar-refractivity contribution in [2.75, 3.05) is 23.7 Å². The molecule has 0 bridgehead atoms. The Labute approximate surface area is 105 Å². The van der Waals surface area contributed by atoms with Crippen LogP contribution in [0.5, 0.6) is 0 Å². The molecule has 100 valence electrons. The lowest BCUT2D eigenvalue weighted by molar-refractivity contribution is -0.116. The molecule has 4 nitrogen and oxygen atoms in total. The lowest BCUT2D eigenvalue weighted by Crippen LogP contribution is -2.35. The number of hydrogen-bond donors (Lipinski definition) is 2. The third kappa shape index (κ3) is 3.58. The van der Waals surface area contributed by atoms with Crippen molar-refractivity contribution in [3.63, 3.8) is 0 Å². The van der Waals surface area contributed by atoms with Gasteiger partial charge in [-0.3, -0.25) is 4.79 Å². The smallest absolute Gasteiger partial charge is 0.236 e. The molecule has 0 spiro atoms. The molecule has 0 radical (unpaired) electrons.